The molecule has 4 heteroatoms. The van der Waals surface area contributed by atoms with Gasteiger partial charge in [0.1, 0.15) is 5.82 Å². The summed E-state index contributed by atoms with van der Waals surface area (Å²) in [5.74, 6) is 2.10. The van der Waals surface area contributed by atoms with Crippen LogP contribution in [0.4, 0.5) is 11.8 Å². The van der Waals surface area contributed by atoms with Gasteiger partial charge in [0, 0.05) is 37.9 Å². The van der Waals surface area contributed by atoms with E-state index < -0.39 is 0 Å². The summed E-state index contributed by atoms with van der Waals surface area (Å²) >= 11 is 0. The highest BCUT2D eigenvalue weighted by molar-refractivity contribution is 5.46. The molecule has 0 radical (unpaired) electrons. The molecule has 2 aliphatic heterocycles. The van der Waals surface area contributed by atoms with Gasteiger partial charge in [-0.1, -0.05) is 25.7 Å². The van der Waals surface area contributed by atoms with E-state index in [9.17, 15) is 0 Å². The van der Waals surface area contributed by atoms with Crippen molar-refractivity contribution in [3.63, 3.8) is 0 Å². The van der Waals surface area contributed by atoms with Crippen molar-refractivity contribution in [3.05, 3.63) is 11.8 Å². The maximum atomic E-state index is 4.90. The van der Waals surface area contributed by atoms with Crippen LogP contribution >= 0.6 is 0 Å². The molecule has 2 fully saturated rings. The van der Waals surface area contributed by atoms with Gasteiger partial charge in [0.05, 0.1) is 0 Å². The summed E-state index contributed by atoms with van der Waals surface area (Å²) in [4.78, 5) is 14.5. The van der Waals surface area contributed by atoms with Crippen LogP contribution in [0.1, 0.15) is 57.1 Å². The monoisotopic (exact) mass is 288 g/mol. The van der Waals surface area contributed by atoms with Gasteiger partial charge in [0.15, 0.2) is 0 Å². The van der Waals surface area contributed by atoms with Crippen molar-refractivity contribution in [1.82, 2.24) is 9.97 Å². The Morgan fingerprint density at radius 2 is 1.24 bits per heavy atom. The van der Waals surface area contributed by atoms with Crippen LogP contribution in [0.5, 0.6) is 0 Å². The summed E-state index contributed by atoms with van der Waals surface area (Å²) in [5, 5.41) is 0. The van der Waals surface area contributed by atoms with E-state index in [4.69, 9.17) is 9.97 Å². The minimum atomic E-state index is 0.955. The molecule has 116 valence electrons. The van der Waals surface area contributed by atoms with Gasteiger partial charge in [-0.05, 0) is 32.6 Å². The number of anilines is 2. The maximum absolute atomic E-state index is 4.90. The highest BCUT2D eigenvalue weighted by atomic mass is 15.3. The van der Waals surface area contributed by atoms with E-state index in [-0.39, 0.29) is 0 Å². The van der Waals surface area contributed by atoms with Crippen LogP contribution in [-0.2, 0) is 0 Å². The minimum absolute atomic E-state index is 0.955. The average Bonchev–Trinajstić information content (AvgIpc) is 2.92. The summed E-state index contributed by atoms with van der Waals surface area (Å²) < 4.78 is 0. The van der Waals surface area contributed by atoms with Gasteiger partial charge in [-0.3, -0.25) is 0 Å². The lowest BCUT2D eigenvalue weighted by Gasteiger charge is -2.25. The zero-order valence-corrected chi connectivity index (χ0v) is 13.4. The van der Waals surface area contributed by atoms with Crippen molar-refractivity contribution in [3.8, 4) is 0 Å². The second-order valence-corrected chi connectivity index (χ2v) is 6.47. The number of hydrogen-bond acceptors (Lipinski definition) is 4. The minimum Gasteiger partial charge on any atom is -0.356 e. The molecule has 4 nitrogen and oxygen atoms in total. The van der Waals surface area contributed by atoms with Crippen molar-refractivity contribution < 1.29 is 0 Å². The fourth-order valence-corrected chi connectivity index (χ4v) is 3.41. The van der Waals surface area contributed by atoms with Crippen molar-refractivity contribution in [2.24, 2.45) is 0 Å². The lowest BCUT2D eigenvalue weighted by Crippen LogP contribution is -2.29. The molecule has 0 amide bonds. The predicted molar refractivity (Wildman–Crippen MR) is 88.1 cm³/mol. The Hall–Kier alpha value is -1.32. The number of aromatic nitrogens is 2. The van der Waals surface area contributed by atoms with E-state index in [2.05, 4.69) is 22.8 Å². The van der Waals surface area contributed by atoms with Gasteiger partial charge < -0.3 is 9.80 Å². The number of hydrogen-bond donors (Lipinski definition) is 0. The molecule has 3 rings (SSSR count). The van der Waals surface area contributed by atoms with Gasteiger partial charge in [0.2, 0.25) is 5.95 Å². The first kappa shape index (κ1) is 14.6. The molecule has 2 saturated heterocycles. The Kier molecular flexibility index (Phi) is 4.94. The van der Waals surface area contributed by atoms with Crippen LogP contribution in [0.2, 0.25) is 0 Å². The average molecular weight is 288 g/mol. The zero-order chi connectivity index (χ0) is 14.5. The maximum Gasteiger partial charge on any atom is 0.227 e. The smallest absolute Gasteiger partial charge is 0.227 e. The second-order valence-electron chi connectivity index (χ2n) is 6.47. The standard InChI is InChI=1S/C17H28N4/c1-15-14-16(20-10-6-2-3-7-11-20)19-17(18-15)21-12-8-4-5-9-13-21/h14H,2-13H2,1H3. The fourth-order valence-electron chi connectivity index (χ4n) is 3.41. The summed E-state index contributed by atoms with van der Waals surface area (Å²) in [7, 11) is 0. The van der Waals surface area contributed by atoms with E-state index in [0.29, 0.717) is 0 Å². The molecule has 0 unspecified atom stereocenters. The molecule has 21 heavy (non-hydrogen) atoms. The number of rotatable bonds is 2. The second kappa shape index (κ2) is 7.10. The van der Waals surface area contributed by atoms with Gasteiger partial charge in [-0.25, -0.2) is 4.98 Å². The summed E-state index contributed by atoms with van der Waals surface area (Å²) in [5.41, 5.74) is 1.10. The van der Waals surface area contributed by atoms with E-state index in [0.717, 1.165) is 43.6 Å². The molecule has 0 atom stereocenters. The summed E-state index contributed by atoms with van der Waals surface area (Å²) in [6.07, 6.45) is 10.6. The first-order chi connectivity index (χ1) is 10.3. The van der Waals surface area contributed by atoms with E-state index in [1.165, 1.54) is 51.4 Å². The number of aryl methyl sites for hydroxylation is 1. The lowest BCUT2D eigenvalue weighted by molar-refractivity contribution is 0.726. The molecule has 1 aromatic heterocycles. The van der Waals surface area contributed by atoms with Crippen LogP contribution in [0, 0.1) is 6.92 Å². The Balaban J connectivity index is 1.80. The number of nitrogens with zero attached hydrogens (tertiary/aromatic N) is 4. The van der Waals surface area contributed by atoms with E-state index in [1.54, 1.807) is 0 Å². The molecule has 0 bridgehead atoms. The van der Waals surface area contributed by atoms with E-state index in [1.807, 2.05) is 0 Å². The highest BCUT2D eigenvalue weighted by Crippen LogP contribution is 2.22. The van der Waals surface area contributed by atoms with Crippen LogP contribution in [0.15, 0.2) is 6.07 Å². The lowest BCUT2D eigenvalue weighted by atomic mass is 10.2. The highest BCUT2D eigenvalue weighted by Gasteiger charge is 2.17. The fraction of sp³-hybridized carbons (Fsp3) is 0.765. The third-order valence-corrected chi connectivity index (χ3v) is 4.65. The Labute approximate surface area is 128 Å². The molecular formula is C17H28N4. The molecule has 0 aromatic carbocycles. The SMILES string of the molecule is Cc1cc(N2CCCCCC2)nc(N2CCCCCC2)n1. The van der Waals surface area contributed by atoms with Gasteiger partial charge in [0.25, 0.3) is 0 Å². The Bertz CT molecular complexity index is 406. The largest absolute Gasteiger partial charge is 0.356 e. The summed E-state index contributed by atoms with van der Waals surface area (Å²) in [6, 6.07) is 2.16. The first-order valence-electron chi connectivity index (χ1n) is 8.68. The zero-order valence-electron chi connectivity index (χ0n) is 13.4. The molecule has 1 aromatic rings. The molecule has 3 heterocycles. The third kappa shape index (κ3) is 3.86. The normalized spacial score (nSPS) is 21.0. The topological polar surface area (TPSA) is 32.3 Å². The molecule has 0 spiro atoms. The summed E-state index contributed by atoms with van der Waals surface area (Å²) in [6.45, 7) is 6.63. The quantitative estimate of drug-likeness (QED) is 0.833. The molecule has 2 aliphatic rings. The molecule has 0 saturated carbocycles. The predicted octanol–water partition coefficient (Wildman–Crippen LogP) is 3.55. The Morgan fingerprint density at radius 3 is 1.81 bits per heavy atom. The van der Waals surface area contributed by atoms with E-state index >= 15 is 0 Å². The van der Waals surface area contributed by atoms with Gasteiger partial charge in [-0.15, -0.1) is 0 Å². The molecule has 0 N–H and O–H groups in total. The van der Waals surface area contributed by atoms with Crippen molar-refractivity contribution >= 4 is 11.8 Å². The van der Waals surface area contributed by atoms with Crippen LogP contribution in [0.25, 0.3) is 0 Å². The van der Waals surface area contributed by atoms with Gasteiger partial charge in [-0.2, -0.15) is 4.98 Å². The van der Waals surface area contributed by atoms with Crippen molar-refractivity contribution in [1.29, 1.82) is 0 Å². The molecular weight excluding hydrogens is 260 g/mol. The van der Waals surface area contributed by atoms with Crippen LogP contribution in [-0.4, -0.2) is 36.1 Å². The molecule has 0 aliphatic carbocycles. The Morgan fingerprint density at radius 1 is 0.714 bits per heavy atom. The van der Waals surface area contributed by atoms with Gasteiger partial charge >= 0.3 is 0 Å². The van der Waals surface area contributed by atoms with Crippen molar-refractivity contribution in [2.45, 2.75) is 58.3 Å². The van der Waals surface area contributed by atoms with Crippen molar-refractivity contribution in [2.75, 3.05) is 36.0 Å². The van der Waals surface area contributed by atoms with Crippen LogP contribution < -0.4 is 9.80 Å². The van der Waals surface area contributed by atoms with Crippen LogP contribution in [0.3, 0.4) is 0 Å². The third-order valence-electron chi connectivity index (χ3n) is 4.65. The first-order valence-corrected chi connectivity index (χ1v) is 8.68.